The highest BCUT2D eigenvalue weighted by molar-refractivity contribution is 5.96. The monoisotopic (exact) mass is 682 g/mol. The summed E-state index contributed by atoms with van der Waals surface area (Å²) in [5.41, 5.74) is 7.04. The van der Waals surface area contributed by atoms with Crippen molar-refractivity contribution < 1.29 is 43.8 Å². The molecule has 6 atom stereocenters. The Bertz CT molecular complexity index is 1450. The number of nitrogens with two attached hydrogens (primary N) is 1. The zero-order valence-corrected chi connectivity index (χ0v) is 28.0. The number of carboxylic acid groups (broad SMARTS) is 2. The number of amides is 5. The number of hydrogen-bond donors (Lipinski definition) is 8. The minimum Gasteiger partial charge on any atom is -0.481 e. The topological polar surface area (TPSA) is 246 Å². The maximum Gasteiger partial charge on any atom is 0.326 e. The first kappa shape index (κ1) is 39.9. The third-order valence-electron chi connectivity index (χ3n) is 7.39. The molecule has 0 fully saturated rings. The molecule has 0 aromatic heterocycles. The molecule has 0 unspecified atom stereocenters. The van der Waals surface area contributed by atoms with Crippen molar-refractivity contribution >= 4 is 41.5 Å². The summed E-state index contributed by atoms with van der Waals surface area (Å²) in [5.74, 6) is -6.35. The van der Waals surface area contributed by atoms with Gasteiger partial charge in [-0.1, -0.05) is 74.5 Å². The summed E-state index contributed by atoms with van der Waals surface area (Å²) < 4.78 is 0. The summed E-state index contributed by atoms with van der Waals surface area (Å²) in [6.07, 6.45) is -0.426. The van der Waals surface area contributed by atoms with E-state index in [9.17, 15) is 38.7 Å². The van der Waals surface area contributed by atoms with Gasteiger partial charge in [-0.05, 0) is 37.3 Å². The van der Waals surface area contributed by atoms with Crippen LogP contribution in [-0.2, 0) is 46.4 Å². The standard InChI is InChI=1S/C34H46N6O9/c1-19(2)15-27(34(48)49)40-33(47)26(17-23-13-9-6-10-14-23)38-30(44)21(4)36-29(43)20(3)37-32(46)25(16-22-11-7-5-8-12-22)39-31(45)24(35)18-28(41)42/h5-14,19-21,24-27H,15-18,35H2,1-4H3,(H,36,43)(H,37,46)(H,38,44)(H,39,45)(H,40,47)(H,41,42)(H,48,49)/t20-,21-,24-,25-,26-,27-/m0/s1. The smallest absolute Gasteiger partial charge is 0.326 e. The maximum atomic E-state index is 13.2. The number of benzene rings is 2. The Morgan fingerprint density at radius 1 is 0.571 bits per heavy atom. The molecule has 0 radical (unpaired) electrons. The van der Waals surface area contributed by atoms with Crippen molar-refractivity contribution in [2.45, 2.75) is 89.6 Å². The molecule has 2 rings (SSSR count). The molecule has 2 aromatic carbocycles. The molecule has 0 bridgehead atoms. The molecule has 15 nitrogen and oxygen atoms in total. The lowest BCUT2D eigenvalue weighted by Gasteiger charge is -2.25. The maximum absolute atomic E-state index is 13.2. The number of carbonyl (C=O) groups excluding carboxylic acids is 5. The fourth-order valence-electron chi connectivity index (χ4n) is 4.72. The highest BCUT2D eigenvalue weighted by Crippen LogP contribution is 2.09. The lowest BCUT2D eigenvalue weighted by Crippen LogP contribution is -2.58. The minimum atomic E-state index is -1.42. The van der Waals surface area contributed by atoms with Gasteiger partial charge in [0.2, 0.25) is 29.5 Å². The molecular weight excluding hydrogens is 636 g/mol. The van der Waals surface area contributed by atoms with Gasteiger partial charge in [0.1, 0.15) is 30.2 Å². The Balaban J connectivity index is 2.11. The van der Waals surface area contributed by atoms with Crippen LogP contribution in [-0.4, -0.2) is 87.9 Å². The predicted octanol–water partition coefficient (Wildman–Crippen LogP) is -0.132. The van der Waals surface area contributed by atoms with Crippen molar-refractivity contribution in [1.82, 2.24) is 26.6 Å². The number of carboxylic acids is 2. The summed E-state index contributed by atoms with van der Waals surface area (Å²) in [6, 6.07) is 10.1. The zero-order valence-electron chi connectivity index (χ0n) is 28.0. The van der Waals surface area contributed by atoms with Crippen LogP contribution in [0.25, 0.3) is 0 Å². The molecule has 5 amide bonds. The van der Waals surface area contributed by atoms with Crippen LogP contribution in [0.2, 0.25) is 0 Å². The van der Waals surface area contributed by atoms with Gasteiger partial charge in [-0.2, -0.15) is 0 Å². The minimum absolute atomic E-state index is 0.0100. The van der Waals surface area contributed by atoms with Gasteiger partial charge in [-0.15, -0.1) is 0 Å². The van der Waals surface area contributed by atoms with Crippen LogP contribution in [0.1, 0.15) is 51.7 Å². The lowest BCUT2D eigenvalue weighted by molar-refractivity contribution is -0.142. The lowest BCUT2D eigenvalue weighted by atomic mass is 10.0. The molecule has 0 saturated heterocycles. The average molecular weight is 683 g/mol. The summed E-state index contributed by atoms with van der Waals surface area (Å²) in [7, 11) is 0. The third-order valence-corrected chi connectivity index (χ3v) is 7.39. The fourth-order valence-corrected chi connectivity index (χ4v) is 4.72. The number of aliphatic carboxylic acids is 2. The van der Waals surface area contributed by atoms with E-state index < -0.39 is 84.1 Å². The molecule has 0 aliphatic heterocycles. The van der Waals surface area contributed by atoms with Crippen molar-refractivity contribution in [3.8, 4) is 0 Å². The molecule has 0 spiro atoms. The van der Waals surface area contributed by atoms with Gasteiger partial charge >= 0.3 is 11.9 Å². The Morgan fingerprint density at radius 3 is 1.39 bits per heavy atom. The molecular formula is C34H46N6O9. The molecule has 15 heteroatoms. The summed E-state index contributed by atoms with van der Waals surface area (Å²) in [4.78, 5) is 88.0. The number of rotatable bonds is 19. The number of hydrogen-bond acceptors (Lipinski definition) is 8. The average Bonchev–Trinajstić information content (AvgIpc) is 3.03. The number of carbonyl (C=O) groups is 7. The SMILES string of the molecule is CC(C)C[C@H](NC(=O)[C@H](Cc1ccccc1)NC(=O)[C@H](C)NC(=O)[C@H](C)NC(=O)[C@H](Cc1ccccc1)NC(=O)[C@@H](N)CC(=O)O)C(=O)O. The molecule has 266 valence electrons. The van der Waals surface area contributed by atoms with E-state index in [0.717, 1.165) is 0 Å². The van der Waals surface area contributed by atoms with Crippen molar-refractivity contribution in [1.29, 1.82) is 0 Å². The van der Waals surface area contributed by atoms with Crippen LogP contribution in [0.5, 0.6) is 0 Å². The molecule has 0 aliphatic carbocycles. The second kappa shape index (κ2) is 19.5. The van der Waals surface area contributed by atoms with Crippen molar-refractivity contribution in [3.05, 3.63) is 71.8 Å². The van der Waals surface area contributed by atoms with Gasteiger partial charge in [-0.3, -0.25) is 28.8 Å². The summed E-state index contributed by atoms with van der Waals surface area (Å²) in [6.45, 7) is 6.37. The van der Waals surface area contributed by atoms with Crippen LogP contribution < -0.4 is 32.3 Å². The van der Waals surface area contributed by atoms with Crippen molar-refractivity contribution in [3.63, 3.8) is 0 Å². The van der Waals surface area contributed by atoms with E-state index in [4.69, 9.17) is 10.8 Å². The van der Waals surface area contributed by atoms with Gasteiger partial charge in [0.15, 0.2) is 0 Å². The Kier molecular flexibility index (Phi) is 15.9. The second-order valence-corrected chi connectivity index (χ2v) is 12.2. The highest BCUT2D eigenvalue weighted by Gasteiger charge is 2.31. The largest absolute Gasteiger partial charge is 0.481 e. The second-order valence-electron chi connectivity index (χ2n) is 12.2. The van der Waals surface area contributed by atoms with E-state index in [1.165, 1.54) is 13.8 Å². The van der Waals surface area contributed by atoms with Gasteiger partial charge in [0.05, 0.1) is 12.5 Å². The van der Waals surface area contributed by atoms with Gasteiger partial charge < -0.3 is 42.5 Å². The van der Waals surface area contributed by atoms with Crippen LogP contribution in [0, 0.1) is 5.92 Å². The molecule has 0 heterocycles. The van der Waals surface area contributed by atoms with E-state index >= 15 is 0 Å². The predicted molar refractivity (Wildman–Crippen MR) is 179 cm³/mol. The van der Waals surface area contributed by atoms with E-state index in [-0.39, 0.29) is 25.2 Å². The van der Waals surface area contributed by atoms with Crippen LogP contribution in [0.4, 0.5) is 0 Å². The van der Waals surface area contributed by atoms with Crippen LogP contribution in [0.15, 0.2) is 60.7 Å². The molecule has 0 aliphatic rings. The highest BCUT2D eigenvalue weighted by atomic mass is 16.4. The first-order valence-corrected chi connectivity index (χ1v) is 15.9. The van der Waals surface area contributed by atoms with Crippen molar-refractivity contribution in [2.24, 2.45) is 11.7 Å². The normalized spacial score (nSPS) is 14.6. The van der Waals surface area contributed by atoms with Gasteiger partial charge in [-0.25, -0.2) is 4.79 Å². The van der Waals surface area contributed by atoms with E-state index in [2.05, 4.69) is 26.6 Å². The Hall–Kier alpha value is -5.31. The summed E-state index contributed by atoms with van der Waals surface area (Å²) >= 11 is 0. The van der Waals surface area contributed by atoms with Gasteiger partial charge in [0, 0.05) is 12.8 Å². The third kappa shape index (κ3) is 14.1. The Labute approximate surface area is 284 Å². The molecule has 2 aromatic rings. The van der Waals surface area contributed by atoms with E-state index in [1.54, 1.807) is 60.7 Å². The van der Waals surface area contributed by atoms with Gasteiger partial charge in [0.25, 0.3) is 0 Å². The van der Waals surface area contributed by atoms with Crippen LogP contribution >= 0.6 is 0 Å². The number of nitrogens with one attached hydrogen (secondary N) is 5. The summed E-state index contributed by atoms with van der Waals surface area (Å²) in [5, 5.41) is 31.1. The fraction of sp³-hybridized carbons (Fsp3) is 0.441. The van der Waals surface area contributed by atoms with Crippen LogP contribution in [0.3, 0.4) is 0 Å². The zero-order chi connectivity index (χ0) is 36.7. The van der Waals surface area contributed by atoms with Crippen molar-refractivity contribution in [2.75, 3.05) is 0 Å². The first-order chi connectivity index (χ1) is 23.1. The first-order valence-electron chi connectivity index (χ1n) is 15.9. The van der Waals surface area contributed by atoms with E-state index in [1.807, 2.05) is 13.8 Å². The molecule has 49 heavy (non-hydrogen) atoms. The Morgan fingerprint density at radius 2 is 0.959 bits per heavy atom. The quantitative estimate of drug-likeness (QED) is 0.0975. The molecule has 0 saturated carbocycles. The molecule has 9 N–H and O–H groups in total. The van der Waals surface area contributed by atoms with E-state index in [0.29, 0.717) is 11.1 Å².